The quantitative estimate of drug-likeness (QED) is 0.390. The first-order valence-electron chi connectivity index (χ1n) is 12.8. The molecular weight excluding hydrogens is 514 g/mol. The van der Waals surface area contributed by atoms with Crippen molar-refractivity contribution >= 4 is 23.4 Å². The summed E-state index contributed by atoms with van der Waals surface area (Å²) in [5, 5.41) is 14.5. The van der Waals surface area contributed by atoms with Gasteiger partial charge in [-0.2, -0.15) is 5.10 Å². The molecule has 2 saturated heterocycles. The van der Waals surface area contributed by atoms with Gasteiger partial charge in [-0.25, -0.2) is 18.3 Å². The predicted octanol–water partition coefficient (Wildman–Crippen LogP) is 4.46. The van der Waals surface area contributed by atoms with Crippen LogP contribution >= 0.6 is 11.6 Å². The van der Waals surface area contributed by atoms with Gasteiger partial charge in [0.2, 0.25) is 0 Å². The average Bonchev–Trinajstić information content (AvgIpc) is 3.65. The highest BCUT2D eigenvalue weighted by Gasteiger charge is 2.36. The van der Waals surface area contributed by atoms with Crippen LogP contribution in [0.4, 0.5) is 19.4 Å². The summed E-state index contributed by atoms with van der Waals surface area (Å²) in [4.78, 5) is 15.5. The van der Waals surface area contributed by atoms with Crippen molar-refractivity contribution in [3.63, 3.8) is 0 Å². The molecule has 3 N–H and O–H groups in total. The van der Waals surface area contributed by atoms with Crippen LogP contribution in [0.5, 0.6) is 0 Å². The Morgan fingerprint density at radius 1 is 1.18 bits per heavy atom. The van der Waals surface area contributed by atoms with Gasteiger partial charge in [-0.05, 0) is 49.2 Å². The molecule has 11 heteroatoms. The largest absolute Gasteiger partial charge is 0.383 e. The second-order valence-corrected chi connectivity index (χ2v) is 10.1. The Balaban J connectivity index is 1.39. The molecule has 2 aliphatic rings. The van der Waals surface area contributed by atoms with Gasteiger partial charge < -0.3 is 15.4 Å². The molecule has 0 unspecified atom stereocenters. The SMILES string of the molecule is COCCN1C[C@@H](NC(=O)Nc2c(Cl)c([C@@H]3CCCN3)nn2-c2ccccc2)[C@H](c2ccc(F)c(F)c2)C1. The van der Waals surface area contributed by atoms with E-state index in [-0.39, 0.29) is 18.0 Å². The summed E-state index contributed by atoms with van der Waals surface area (Å²) < 4.78 is 34.5. The molecule has 2 amide bonds. The van der Waals surface area contributed by atoms with E-state index in [1.165, 1.54) is 6.07 Å². The second kappa shape index (κ2) is 11.8. The van der Waals surface area contributed by atoms with E-state index in [9.17, 15) is 13.6 Å². The topological polar surface area (TPSA) is 83.4 Å². The highest BCUT2D eigenvalue weighted by atomic mass is 35.5. The van der Waals surface area contributed by atoms with Crippen molar-refractivity contribution in [3.8, 4) is 5.69 Å². The highest BCUT2D eigenvalue weighted by Crippen LogP contribution is 2.35. The molecule has 0 spiro atoms. The monoisotopic (exact) mass is 544 g/mol. The summed E-state index contributed by atoms with van der Waals surface area (Å²) in [6.45, 7) is 3.16. The maximum atomic E-state index is 14.1. The molecule has 2 aromatic carbocycles. The minimum Gasteiger partial charge on any atom is -0.383 e. The summed E-state index contributed by atoms with van der Waals surface area (Å²) >= 11 is 6.79. The molecule has 0 saturated carbocycles. The summed E-state index contributed by atoms with van der Waals surface area (Å²) in [6.07, 6.45) is 1.93. The average molecular weight is 545 g/mol. The lowest BCUT2D eigenvalue weighted by Gasteiger charge is -2.21. The third-order valence-corrected chi connectivity index (χ3v) is 7.54. The minimum atomic E-state index is -0.910. The Morgan fingerprint density at radius 3 is 2.71 bits per heavy atom. The number of ether oxygens (including phenoxy) is 1. The number of amides is 2. The van der Waals surface area contributed by atoms with Crippen molar-refractivity contribution in [1.29, 1.82) is 0 Å². The first-order valence-corrected chi connectivity index (χ1v) is 13.1. The number of hydrogen-bond donors (Lipinski definition) is 3. The van der Waals surface area contributed by atoms with E-state index in [0.29, 0.717) is 48.3 Å². The Morgan fingerprint density at radius 2 is 2.00 bits per heavy atom. The third-order valence-electron chi connectivity index (χ3n) is 7.17. The molecule has 0 radical (unpaired) electrons. The maximum absolute atomic E-state index is 14.1. The molecule has 0 bridgehead atoms. The molecule has 3 atom stereocenters. The highest BCUT2D eigenvalue weighted by molar-refractivity contribution is 6.34. The van der Waals surface area contributed by atoms with Crippen LogP contribution in [-0.4, -0.2) is 66.6 Å². The first kappa shape index (κ1) is 26.6. The number of hydrogen-bond acceptors (Lipinski definition) is 5. The predicted molar refractivity (Wildman–Crippen MR) is 142 cm³/mol. The summed E-state index contributed by atoms with van der Waals surface area (Å²) in [5.41, 5.74) is 2.07. The molecule has 202 valence electrons. The number of aromatic nitrogens is 2. The number of anilines is 1. The zero-order valence-electron chi connectivity index (χ0n) is 21.1. The zero-order valence-corrected chi connectivity index (χ0v) is 21.8. The molecule has 3 aromatic rings. The number of halogens is 3. The minimum absolute atomic E-state index is 0.0120. The molecule has 5 rings (SSSR count). The van der Waals surface area contributed by atoms with Crippen molar-refractivity contribution in [1.82, 2.24) is 25.3 Å². The smallest absolute Gasteiger partial charge is 0.320 e. The van der Waals surface area contributed by atoms with Crippen LogP contribution in [0.15, 0.2) is 48.5 Å². The Bertz CT molecular complexity index is 1270. The van der Waals surface area contributed by atoms with E-state index in [4.69, 9.17) is 21.4 Å². The van der Waals surface area contributed by atoms with E-state index in [0.717, 1.165) is 31.1 Å². The van der Waals surface area contributed by atoms with Crippen molar-refractivity contribution in [3.05, 3.63) is 76.4 Å². The standard InChI is InChI=1S/C27H31ClF2N6O2/c1-38-13-12-35-15-19(17-9-10-20(29)21(30)14-17)23(16-35)32-27(37)33-26-24(28)25(22-8-5-11-31-22)34-36(26)18-6-3-2-4-7-18/h2-4,6-7,9-10,14,19,22-23,31H,5,8,11-13,15-16H2,1H3,(H2,32,33,37)/t19-,22-,23+/m0/s1. The first-order chi connectivity index (χ1) is 18.4. The van der Waals surface area contributed by atoms with Crippen molar-refractivity contribution in [2.75, 3.05) is 45.2 Å². The van der Waals surface area contributed by atoms with E-state index in [2.05, 4.69) is 20.9 Å². The van der Waals surface area contributed by atoms with Crippen LogP contribution in [0.1, 0.15) is 36.1 Å². The zero-order chi connectivity index (χ0) is 26.6. The van der Waals surface area contributed by atoms with Crippen LogP contribution in [0.2, 0.25) is 5.02 Å². The Hall–Kier alpha value is -3.05. The van der Waals surface area contributed by atoms with Gasteiger partial charge in [0.15, 0.2) is 17.5 Å². The molecular formula is C27H31ClF2N6O2. The fourth-order valence-electron chi connectivity index (χ4n) is 5.25. The van der Waals surface area contributed by atoms with E-state index >= 15 is 0 Å². The lowest BCUT2D eigenvalue weighted by molar-refractivity contribution is 0.159. The normalized spacial score (nSPS) is 21.6. The van der Waals surface area contributed by atoms with Gasteiger partial charge >= 0.3 is 6.03 Å². The van der Waals surface area contributed by atoms with Gasteiger partial charge in [0.05, 0.1) is 24.4 Å². The number of rotatable bonds is 8. The molecule has 3 heterocycles. The second-order valence-electron chi connectivity index (χ2n) is 9.68. The fraction of sp³-hybridized carbons (Fsp3) is 0.407. The van der Waals surface area contributed by atoms with Gasteiger partial charge in [0.1, 0.15) is 10.7 Å². The molecule has 8 nitrogen and oxygen atoms in total. The van der Waals surface area contributed by atoms with Crippen molar-refractivity contribution in [2.45, 2.75) is 30.8 Å². The van der Waals surface area contributed by atoms with E-state index < -0.39 is 17.7 Å². The van der Waals surface area contributed by atoms with Gasteiger partial charge in [-0.3, -0.25) is 10.2 Å². The summed E-state index contributed by atoms with van der Waals surface area (Å²) in [7, 11) is 1.63. The van der Waals surface area contributed by atoms with Gasteiger partial charge in [-0.1, -0.05) is 35.9 Å². The van der Waals surface area contributed by atoms with Crippen LogP contribution in [0.25, 0.3) is 5.69 Å². The van der Waals surface area contributed by atoms with Gasteiger partial charge in [0, 0.05) is 32.7 Å². The number of carbonyl (C=O) groups is 1. The lowest BCUT2D eigenvalue weighted by atomic mass is 9.94. The summed E-state index contributed by atoms with van der Waals surface area (Å²) in [5.74, 6) is -1.67. The number of carbonyl (C=O) groups excluding carboxylic acids is 1. The van der Waals surface area contributed by atoms with Crippen molar-refractivity contribution < 1.29 is 18.3 Å². The maximum Gasteiger partial charge on any atom is 0.320 e. The third kappa shape index (κ3) is 5.68. The molecule has 0 aliphatic carbocycles. The van der Waals surface area contributed by atoms with Gasteiger partial charge in [0.25, 0.3) is 0 Å². The fourth-order valence-corrected chi connectivity index (χ4v) is 5.54. The number of benzene rings is 2. The number of urea groups is 1. The Kier molecular flexibility index (Phi) is 8.23. The van der Waals surface area contributed by atoms with E-state index in [1.807, 2.05) is 30.3 Å². The van der Waals surface area contributed by atoms with Crippen LogP contribution in [0.3, 0.4) is 0 Å². The number of nitrogens with zero attached hydrogens (tertiary/aromatic N) is 3. The molecule has 2 aliphatic heterocycles. The molecule has 38 heavy (non-hydrogen) atoms. The number of methoxy groups -OCH3 is 1. The summed E-state index contributed by atoms with van der Waals surface area (Å²) in [6, 6.07) is 12.6. The lowest BCUT2D eigenvalue weighted by Crippen LogP contribution is -2.42. The number of para-hydroxylation sites is 1. The van der Waals surface area contributed by atoms with Crippen LogP contribution < -0.4 is 16.0 Å². The van der Waals surface area contributed by atoms with Crippen molar-refractivity contribution in [2.24, 2.45) is 0 Å². The van der Waals surface area contributed by atoms with Gasteiger partial charge in [-0.15, -0.1) is 0 Å². The van der Waals surface area contributed by atoms with Crippen LogP contribution in [-0.2, 0) is 4.74 Å². The Labute approximate surface area is 225 Å². The molecule has 1 aromatic heterocycles. The number of likely N-dealkylation sites (tertiary alicyclic amines) is 1. The van der Waals surface area contributed by atoms with E-state index in [1.54, 1.807) is 17.9 Å². The molecule has 2 fully saturated rings. The number of nitrogens with one attached hydrogen (secondary N) is 3. The van der Waals surface area contributed by atoms with Crippen LogP contribution in [0, 0.1) is 11.6 Å².